The second kappa shape index (κ2) is 18.6. The number of allylic oxidation sites excluding steroid dienone is 13. The minimum Gasteiger partial charge on any atom is -0.303 e. The molecule has 0 saturated carbocycles. The van der Waals surface area contributed by atoms with Gasteiger partial charge < -0.3 is 4.79 Å². The summed E-state index contributed by atoms with van der Waals surface area (Å²) in [6.45, 7) is 2.12. The van der Waals surface area contributed by atoms with E-state index in [0.29, 0.717) is 12.8 Å². The topological polar surface area (TPSA) is 60.2 Å². The highest BCUT2D eigenvalue weighted by Gasteiger charge is 2.05. The van der Waals surface area contributed by atoms with Gasteiger partial charge in [0.15, 0.2) is 0 Å². The van der Waals surface area contributed by atoms with Gasteiger partial charge in [0.05, 0.1) is 11.3 Å². The largest absolute Gasteiger partial charge is 0.303 e. The van der Waals surface area contributed by atoms with E-state index in [1.54, 1.807) is 24.3 Å². The molecule has 0 amide bonds. The summed E-state index contributed by atoms with van der Waals surface area (Å²) in [5.41, 5.74) is 0.120. The molecule has 0 N–H and O–H groups in total. The first-order valence-electron chi connectivity index (χ1n) is 8.94. The molecule has 0 rings (SSSR count). The summed E-state index contributed by atoms with van der Waals surface area (Å²) in [5.74, 6) is 0. The van der Waals surface area contributed by atoms with Gasteiger partial charge in [-0.05, 0) is 25.7 Å². The van der Waals surface area contributed by atoms with E-state index in [-0.39, 0.29) is 17.0 Å². The Labute approximate surface area is 156 Å². The summed E-state index contributed by atoms with van der Waals surface area (Å²) in [7, 11) is 0. The van der Waals surface area contributed by atoms with Crippen LogP contribution in [-0.2, 0) is 4.79 Å². The third-order valence-electron chi connectivity index (χ3n) is 3.16. The monoisotopic (exact) mass is 355 g/mol. The molecule has 26 heavy (non-hydrogen) atoms. The molecule has 140 valence electrons. The van der Waals surface area contributed by atoms with Crippen molar-refractivity contribution in [2.45, 2.75) is 45.4 Å². The van der Waals surface area contributed by atoms with Gasteiger partial charge in [0.2, 0.25) is 5.70 Å². The van der Waals surface area contributed by atoms with Crippen LogP contribution >= 0.6 is 0 Å². The summed E-state index contributed by atoms with van der Waals surface area (Å²) >= 11 is 0. The van der Waals surface area contributed by atoms with Gasteiger partial charge >= 0.3 is 0 Å². The van der Waals surface area contributed by atoms with Gasteiger partial charge in [-0.2, -0.15) is 0 Å². The van der Waals surface area contributed by atoms with E-state index in [9.17, 15) is 14.9 Å². The van der Waals surface area contributed by atoms with Crippen LogP contribution in [0.1, 0.15) is 45.4 Å². The minimum absolute atomic E-state index is 0.120. The second-order valence-corrected chi connectivity index (χ2v) is 5.36. The third kappa shape index (κ3) is 16.1. The normalized spacial score (nSPS) is 13.5. The molecule has 0 spiro atoms. The summed E-state index contributed by atoms with van der Waals surface area (Å²) in [5, 5.41) is 10.9. The first kappa shape index (κ1) is 23.2. The maximum absolute atomic E-state index is 10.9. The van der Waals surface area contributed by atoms with Crippen LogP contribution in [0.25, 0.3) is 0 Å². The number of unbranched alkanes of at least 4 members (excludes halogenated alkanes) is 1. The van der Waals surface area contributed by atoms with Crippen LogP contribution in [0, 0.1) is 10.1 Å². The Morgan fingerprint density at radius 2 is 1.46 bits per heavy atom. The van der Waals surface area contributed by atoms with Crippen LogP contribution in [0.3, 0.4) is 0 Å². The molecule has 0 aromatic rings. The number of nitro groups is 1. The van der Waals surface area contributed by atoms with E-state index in [1.807, 2.05) is 24.3 Å². The van der Waals surface area contributed by atoms with Gasteiger partial charge in [-0.3, -0.25) is 10.1 Å². The molecule has 0 radical (unpaired) electrons. The van der Waals surface area contributed by atoms with Crippen LogP contribution in [0.5, 0.6) is 0 Å². The SMILES string of the molecule is CC/C=C\C/C=C\C\C=C/C=C\C=C/C=C(\C/C=C\CCC=O)[N+](=O)[O-]. The van der Waals surface area contributed by atoms with Crippen molar-refractivity contribution in [1.29, 1.82) is 0 Å². The van der Waals surface area contributed by atoms with E-state index in [2.05, 4.69) is 31.2 Å². The van der Waals surface area contributed by atoms with Crippen LogP contribution in [0.2, 0.25) is 0 Å². The first-order chi connectivity index (χ1) is 12.7. The smallest absolute Gasteiger partial charge is 0.249 e. The summed E-state index contributed by atoms with van der Waals surface area (Å²) < 4.78 is 0. The Morgan fingerprint density at radius 1 is 0.808 bits per heavy atom. The molecule has 0 aliphatic carbocycles. The lowest BCUT2D eigenvalue weighted by molar-refractivity contribution is -0.426. The lowest BCUT2D eigenvalue weighted by Crippen LogP contribution is -1.96. The summed E-state index contributed by atoms with van der Waals surface area (Å²) in [6, 6.07) is 0. The fourth-order valence-electron chi connectivity index (χ4n) is 1.82. The molecular weight excluding hydrogens is 326 g/mol. The fraction of sp³-hybridized carbons (Fsp3) is 0.318. The van der Waals surface area contributed by atoms with Crippen molar-refractivity contribution in [2.75, 3.05) is 0 Å². The molecule has 4 nitrogen and oxygen atoms in total. The lowest BCUT2D eigenvalue weighted by atomic mass is 10.2. The van der Waals surface area contributed by atoms with Gasteiger partial charge in [-0.25, -0.2) is 0 Å². The van der Waals surface area contributed by atoms with Crippen molar-refractivity contribution in [1.82, 2.24) is 0 Å². The number of aldehydes is 1. The van der Waals surface area contributed by atoms with Crippen molar-refractivity contribution >= 4 is 6.29 Å². The van der Waals surface area contributed by atoms with Crippen molar-refractivity contribution in [3.05, 3.63) is 94.8 Å². The number of hydrogen-bond acceptors (Lipinski definition) is 3. The number of nitrogens with zero attached hydrogens (tertiary/aromatic N) is 1. The standard InChI is InChI=1S/C22H29NO3/c1-2-3-4-5-6-7-8-9-10-11-12-13-16-19-22(23(25)26)20-17-14-15-18-21-24/h3-4,6-7,9-14,16-17,19,21H,2,5,8,15,18,20H2,1H3/b4-3-,7-6-,10-9-,12-11-,16-13-,17-14-,22-19+. The fourth-order valence-corrected chi connectivity index (χ4v) is 1.82. The molecule has 0 heterocycles. The van der Waals surface area contributed by atoms with Gasteiger partial charge in [0, 0.05) is 12.5 Å². The third-order valence-corrected chi connectivity index (χ3v) is 3.16. The van der Waals surface area contributed by atoms with Gasteiger partial charge in [-0.15, -0.1) is 0 Å². The Hall–Kier alpha value is -2.75. The minimum atomic E-state index is -0.389. The van der Waals surface area contributed by atoms with Gasteiger partial charge in [0.1, 0.15) is 6.29 Å². The molecule has 0 fully saturated rings. The molecule has 0 aliphatic rings. The van der Waals surface area contributed by atoms with E-state index < -0.39 is 0 Å². The van der Waals surface area contributed by atoms with Crippen LogP contribution in [0.15, 0.2) is 84.7 Å². The summed E-state index contributed by atoms with van der Waals surface area (Å²) in [6.07, 6.45) is 29.8. The quantitative estimate of drug-likeness (QED) is 0.0952. The van der Waals surface area contributed by atoms with Gasteiger partial charge in [-0.1, -0.05) is 79.8 Å². The maximum Gasteiger partial charge on any atom is 0.249 e. The molecule has 0 aromatic heterocycles. The van der Waals surface area contributed by atoms with Crippen molar-refractivity contribution in [2.24, 2.45) is 0 Å². The highest BCUT2D eigenvalue weighted by atomic mass is 16.6. The van der Waals surface area contributed by atoms with Crippen LogP contribution < -0.4 is 0 Å². The highest BCUT2D eigenvalue weighted by molar-refractivity contribution is 5.49. The zero-order valence-corrected chi connectivity index (χ0v) is 15.5. The van der Waals surface area contributed by atoms with Crippen LogP contribution in [-0.4, -0.2) is 11.2 Å². The Balaban J connectivity index is 4.19. The Morgan fingerprint density at radius 3 is 2.15 bits per heavy atom. The zero-order valence-electron chi connectivity index (χ0n) is 15.5. The van der Waals surface area contributed by atoms with E-state index in [4.69, 9.17) is 0 Å². The van der Waals surface area contributed by atoms with Crippen molar-refractivity contribution in [3.63, 3.8) is 0 Å². The van der Waals surface area contributed by atoms with Crippen molar-refractivity contribution < 1.29 is 9.72 Å². The number of hydrogen-bond donors (Lipinski definition) is 0. The molecule has 0 unspecified atom stereocenters. The molecular formula is C22H29NO3. The molecule has 0 atom stereocenters. The number of carbonyl (C=O) groups is 1. The molecule has 4 heteroatoms. The average molecular weight is 355 g/mol. The second-order valence-electron chi connectivity index (χ2n) is 5.36. The predicted molar refractivity (Wildman–Crippen MR) is 109 cm³/mol. The molecule has 0 aromatic carbocycles. The van der Waals surface area contributed by atoms with Crippen molar-refractivity contribution in [3.8, 4) is 0 Å². The number of rotatable bonds is 14. The van der Waals surface area contributed by atoms with Crippen LogP contribution in [0.4, 0.5) is 0 Å². The first-order valence-corrected chi connectivity index (χ1v) is 8.94. The predicted octanol–water partition coefficient (Wildman–Crippen LogP) is 6.04. The molecule has 0 saturated heterocycles. The Bertz CT molecular complexity index is 591. The average Bonchev–Trinajstić information content (AvgIpc) is 2.63. The van der Waals surface area contributed by atoms with E-state index in [0.717, 1.165) is 25.5 Å². The van der Waals surface area contributed by atoms with E-state index >= 15 is 0 Å². The zero-order chi connectivity index (χ0) is 19.3. The maximum atomic E-state index is 10.9. The van der Waals surface area contributed by atoms with E-state index in [1.165, 1.54) is 6.08 Å². The number of carbonyl (C=O) groups excluding carboxylic acids is 1. The summed E-state index contributed by atoms with van der Waals surface area (Å²) in [4.78, 5) is 20.7. The molecule has 0 bridgehead atoms. The Kier molecular flexibility index (Phi) is 16.6. The highest BCUT2D eigenvalue weighted by Crippen LogP contribution is 2.05. The lowest BCUT2D eigenvalue weighted by Gasteiger charge is -1.92. The van der Waals surface area contributed by atoms with Gasteiger partial charge in [0.25, 0.3) is 0 Å². The molecule has 0 aliphatic heterocycles.